The summed E-state index contributed by atoms with van der Waals surface area (Å²) in [6, 6.07) is 5.54. The van der Waals surface area contributed by atoms with Crippen LogP contribution in [0.4, 0.5) is 4.39 Å². The number of hydrogen-bond donors (Lipinski definition) is 1. The molecule has 0 aliphatic carbocycles. The standard InChI is InChI=1S/C16H25BrFN/c1-4-11-19-15(10-5-7-12(2)3)13-8-6-9-14(18)16(13)17/h6,8-9,12,15,19H,4-5,7,10-11H2,1-3H3. The van der Waals surface area contributed by atoms with Crippen molar-refractivity contribution in [1.29, 1.82) is 0 Å². The van der Waals surface area contributed by atoms with E-state index in [9.17, 15) is 4.39 Å². The summed E-state index contributed by atoms with van der Waals surface area (Å²) in [5, 5.41) is 3.53. The summed E-state index contributed by atoms with van der Waals surface area (Å²) in [7, 11) is 0. The Labute approximate surface area is 125 Å². The number of hydrogen-bond acceptors (Lipinski definition) is 1. The zero-order valence-electron chi connectivity index (χ0n) is 12.2. The molecule has 0 saturated heterocycles. The number of benzene rings is 1. The van der Waals surface area contributed by atoms with E-state index in [0.717, 1.165) is 30.9 Å². The molecule has 0 aliphatic heterocycles. The first-order valence-corrected chi connectivity index (χ1v) is 8.02. The van der Waals surface area contributed by atoms with Crippen LogP contribution in [-0.4, -0.2) is 6.54 Å². The summed E-state index contributed by atoms with van der Waals surface area (Å²) in [5.41, 5.74) is 1.04. The molecule has 0 fully saturated rings. The lowest BCUT2D eigenvalue weighted by atomic mass is 9.98. The highest BCUT2D eigenvalue weighted by Crippen LogP contribution is 2.29. The van der Waals surface area contributed by atoms with Crippen molar-refractivity contribution in [3.8, 4) is 0 Å². The van der Waals surface area contributed by atoms with Crippen molar-refractivity contribution < 1.29 is 4.39 Å². The van der Waals surface area contributed by atoms with Crippen LogP contribution in [0, 0.1) is 11.7 Å². The lowest BCUT2D eigenvalue weighted by Gasteiger charge is -2.21. The molecule has 1 N–H and O–H groups in total. The van der Waals surface area contributed by atoms with Crippen LogP contribution in [-0.2, 0) is 0 Å². The highest BCUT2D eigenvalue weighted by molar-refractivity contribution is 9.10. The predicted molar refractivity (Wildman–Crippen MR) is 83.8 cm³/mol. The molecule has 0 aromatic heterocycles. The van der Waals surface area contributed by atoms with Gasteiger partial charge in [-0.2, -0.15) is 0 Å². The molecule has 1 rings (SSSR count). The first-order valence-electron chi connectivity index (χ1n) is 7.23. The van der Waals surface area contributed by atoms with Gasteiger partial charge in [0.1, 0.15) is 5.82 Å². The van der Waals surface area contributed by atoms with Gasteiger partial charge in [-0.15, -0.1) is 0 Å². The normalized spacial score (nSPS) is 12.9. The molecule has 19 heavy (non-hydrogen) atoms. The molecule has 0 spiro atoms. The average Bonchev–Trinajstić information content (AvgIpc) is 2.37. The first-order chi connectivity index (χ1) is 9.06. The second-order valence-corrected chi connectivity index (χ2v) is 6.27. The Hall–Kier alpha value is -0.410. The first kappa shape index (κ1) is 16.6. The van der Waals surface area contributed by atoms with Gasteiger partial charge in [0.2, 0.25) is 0 Å². The quantitative estimate of drug-likeness (QED) is 0.668. The fourth-order valence-electron chi connectivity index (χ4n) is 2.21. The van der Waals surface area contributed by atoms with E-state index in [4.69, 9.17) is 0 Å². The Morgan fingerprint density at radius 1 is 1.26 bits per heavy atom. The average molecular weight is 330 g/mol. The Morgan fingerprint density at radius 3 is 2.63 bits per heavy atom. The molecular formula is C16H25BrFN. The van der Waals surface area contributed by atoms with E-state index in [1.807, 2.05) is 6.07 Å². The summed E-state index contributed by atoms with van der Waals surface area (Å²) in [4.78, 5) is 0. The van der Waals surface area contributed by atoms with Crippen molar-refractivity contribution in [2.45, 2.75) is 52.5 Å². The molecule has 0 bridgehead atoms. The topological polar surface area (TPSA) is 12.0 Å². The molecule has 0 heterocycles. The zero-order chi connectivity index (χ0) is 14.3. The second kappa shape index (κ2) is 8.70. The third-order valence-electron chi connectivity index (χ3n) is 3.27. The van der Waals surface area contributed by atoms with E-state index >= 15 is 0 Å². The lowest BCUT2D eigenvalue weighted by Crippen LogP contribution is -2.22. The van der Waals surface area contributed by atoms with Gasteiger partial charge in [0.15, 0.2) is 0 Å². The van der Waals surface area contributed by atoms with Gasteiger partial charge in [-0.3, -0.25) is 0 Å². The maximum absolute atomic E-state index is 13.6. The molecular weight excluding hydrogens is 305 g/mol. The zero-order valence-corrected chi connectivity index (χ0v) is 13.8. The summed E-state index contributed by atoms with van der Waals surface area (Å²) >= 11 is 3.38. The molecule has 0 aliphatic rings. The van der Waals surface area contributed by atoms with Crippen LogP contribution >= 0.6 is 15.9 Å². The van der Waals surface area contributed by atoms with Crippen molar-refractivity contribution in [2.75, 3.05) is 6.54 Å². The summed E-state index contributed by atoms with van der Waals surface area (Å²) in [6.45, 7) is 7.60. The largest absolute Gasteiger partial charge is 0.310 e. The molecule has 0 saturated carbocycles. The summed E-state index contributed by atoms with van der Waals surface area (Å²) in [5.74, 6) is 0.549. The van der Waals surface area contributed by atoms with Gasteiger partial charge in [-0.1, -0.05) is 45.7 Å². The SMILES string of the molecule is CCCNC(CCCC(C)C)c1cccc(F)c1Br. The van der Waals surface area contributed by atoms with Crippen LogP contribution in [0.15, 0.2) is 22.7 Å². The molecule has 1 unspecified atom stereocenters. The molecule has 0 amide bonds. The highest BCUT2D eigenvalue weighted by atomic mass is 79.9. The fourth-order valence-corrected chi connectivity index (χ4v) is 2.75. The van der Waals surface area contributed by atoms with Gasteiger partial charge < -0.3 is 5.32 Å². The van der Waals surface area contributed by atoms with Crippen LogP contribution in [0.3, 0.4) is 0 Å². The van der Waals surface area contributed by atoms with E-state index in [1.165, 1.54) is 18.9 Å². The van der Waals surface area contributed by atoms with Gasteiger partial charge in [-0.25, -0.2) is 4.39 Å². The monoisotopic (exact) mass is 329 g/mol. The van der Waals surface area contributed by atoms with Gasteiger partial charge in [0.25, 0.3) is 0 Å². The molecule has 1 aromatic rings. The number of rotatable bonds is 8. The van der Waals surface area contributed by atoms with Gasteiger partial charge >= 0.3 is 0 Å². The Morgan fingerprint density at radius 2 is 2.00 bits per heavy atom. The van der Waals surface area contributed by atoms with Crippen LogP contribution in [0.5, 0.6) is 0 Å². The molecule has 1 atom stereocenters. The minimum absolute atomic E-state index is 0.176. The van der Waals surface area contributed by atoms with Crippen molar-refractivity contribution in [1.82, 2.24) is 5.32 Å². The van der Waals surface area contributed by atoms with E-state index in [-0.39, 0.29) is 11.9 Å². The molecule has 1 nitrogen and oxygen atoms in total. The second-order valence-electron chi connectivity index (χ2n) is 5.47. The fraction of sp³-hybridized carbons (Fsp3) is 0.625. The van der Waals surface area contributed by atoms with Gasteiger partial charge in [0.05, 0.1) is 4.47 Å². The van der Waals surface area contributed by atoms with Crippen LogP contribution in [0.1, 0.15) is 58.1 Å². The molecule has 0 radical (unpaired) electrons. The molecule has 108 valence electrons. The van der Waals surface area contributed by atoms with Gasteiger partial charge in [0, 0.05) is 6.04 Å². The Bertz CT molecular complexity index is 379. The Balaban J connectivity index is 2.74. The van der Waals surface area contributed by atoms with E-state index < -0.39 is 0 Å². The number of halogens is 2. The number of nitrogens with one attached hydrogen (secondary N) is 1. The lowest BCUT2D eigenvalue weighted by molar-refractivity contribution is 0.444. The van der Waals surface area contributed by atoms with Crippen molar-refractivity contribution in [3.05, 3.63) is 34.1 Å². The van der Waals surface area contributed by atoms with Crippen LogP contribution in [0.2, 0.25) is 0 Å². The minimum Gasteiger partial charge on any atom is -0.310 e. The van der Waals surface area contributed by atoms with E-state index in [0.29, 0.717) is 4.47 Å². The van der Waals surface area contributed by atoms with Gasteiger partial charge in [-0.05, 0) is 52.9 Å². The minimum atomic E-state index is -0.176. The van der Waals surface area contributed by atoms with Crippen LogP contribution in [0.25, 0.3) is 0 Å². The highest BCUT2D eigenvalue weighted by Gasteiger charge is 2.15. The van der Waals surface area contributed by atoms with E-state index in [1.54, 1.807) is 6.07 Å². The Kier molecular flexibility index (Phi) is 7.62. The maximum Gasteiger partial charge on any atom is 0.137 e. The molecule has 1 aromatic carbocycles. The van der Waals surface area contributed by atoms with Crippen molar-refractivity contribution >= 4 is 15.9 Å². The van der Waals surface area contributed by atoms with Crippen molar-refractivity contribution in [2.24, 2.45) is 5.92 Å². The smallest absolute Gasteiger partial charge is 0.137 e. The predicted octanol–water partition coefficient (Wildman–Crippen LogP) is 5.46. The summed E-state index contributed by atoms with van der Waals surface area (Å²) < 4.78 is 14.2. The van der Waals surface area contributed by atoms with Crippen molar-refractivity contribution in [3.63, 3.8) is 0 Å². The van der Waals surface area contributed by atoms with Crippen LogP contribution < -0.4 is 5.32 Å². The third-order valence-corrected chi connectivity index (χ3v) is 4.11. The summed E-state index contributed by atoms with van der Waals surface area (Å²) in [6.07, 6.45) is 4.53. The third kappa shape index (κ3) is 5.62. The molecule has 3 heteroatoms. The maximum atomic E-state index is 13.6. The van der Waals surface area contributed by atoms with E-state index in [2.05, 4.69) is 42.0 Å².